The fourth-order valence-corrected chi connectivity index (χ4v) is 5.60. The summed E-state index contributed by atoms with van der Waals surface area (Å²) in [5.74, 6) is 1.86. The van der Waals surface area contributed by atoms with Gasteiger partial charge >= 0.3 is 0 Å². The molecule has 2 N–H and O–H groups in total. The Morgan fingerprint density at radius 3 is 2.53 bits per heavy atom. The number of hydrogen-bond acceptors (Lipinski definition) is 7. The van der Waals surface area contributed by atoms with Crippen molar-refractivity contribution in [2.24, 2.45) is 5.92 Å². The number of pyridine rings is 1. The van der Waals surface area contributed by atoms with Gasteiger partial charge in [0.2, 0.25) is 0 Å². The molecule has 0 amide bonds. The van der Waals surface area contributed by atoms with E-state index in [2.05, 4.69) is 44.4 Å². The minimum absolute atomic E-state index is 0.176. The number of nitrogens with zero attached hydrogens (tertiary/aromatic N) is 3. The van der Waals surface area contributed by atoms with E-state index >= 15 is 0 Å². The summed E-state index contributed by atoms with van der Waals surface area (Å²) in [4.78, 5) is 9.41. The summed E-state index contributed by atoms with van der Waals surface area (Å²) in [7, 11) is 0. The van der Waals surface area contributed by atoms with Crippen molar-refractivity contribution >= 4 is 5.69 Å². The summed E-state index contributed by atoms with van der Waals surface area (Å²) in [6.45, 7) is 10.4. The normalized spacial score (nSPS) is 22.2. The fraction of sp³-hybridized carbons (Fsp3) is 0.593. The van der Waals surface area contributed by atoms with Crippen molar-refractivity contribution in [3.05, 3.63) is 47.3 Å². The highest BCUT2D eigenvalue weighted by Gasteiger charge is 2.31. The number of likely N-dealkylation sites (tertiary alicyclic amines) is 1. The molecular weight excluding hydrogens is 428 g/mol. The Morgan fingerprint density at radius 1 is 1.03 bits per heavy atom. The predicted molar refractivity (Wildman–Crippen MR) is 134 cm³/mol. The van der Waals surface area contributed by atoms with E-state index in [9.17, 15) is 5.11 Å². The second-order valence-corrected chi connectivity index (χ2v) is 10.1. The fourth-order valence-electron chi connectivity index (χ4n) is 5.60. The topological polar surface area (TPSA) is 70.1 Å². The van der Waals surface area contributed by atoms with Gasteiger partial charge < -0.3 is 24.4 Å². The number of ether oxygens (including phenoxy) is 2. The molecule has 7 heteroatoms. The summed E-state index contributed by atoms with van der Waals surface area (Å²) >= 11 is 0. The molecule has 0 saturated carbocycles. The lowest BCUT2D eigenvalue weighted by atomic mass is 10.0. The quantitative estimate of drug-likeness (QED) is 0.580. The van der Waals surface area contributed by atoms with Gasteiger partial charge in [0.25, 0.3) is 0 Å². The molecule has 7 nitrogen and oxygen atoms in total. The van der Waals surface area contributed by atoms with E-state index in [-0.39, 0.29) is 12.0 Å². The van der Waals surface area contributed by atoms with Gasteiger partial charge in [-0.05, 0) is 82.4 Å². The smallest absolute Gasteiger partial charge is 0.161 e. The second-order valence-electron chi connectivity index (χ2n) is 10.1. The zero-order chi connectivity index (χ0) is 23.5. The molecule has 1 aromatic heterocycles. The van der Waals surface area contributed by atoms with Crippen molar-refractivity contribution in [2.75, 3.05) is 50.8 Å². The van der Waals surface area contributed by atoms with E-state index in [1.807, 2.05) is 19.9 Å². The first-order chi connectivity index (χ1) is 16.5. The predicted octanol–water partition coefficient (Wildman–Crippen LogP) is 2.91. The van der Waals surface area contributed by atoms with E-state index < -0.39 is 6.23 Å². The molecule has 3 unspecified atom stereocenters. The SMILES string of the molecule is Cc1cc(N2CCC(C(O)NC(Cc3ccc4c(c3)OCCO4)CN3CCCC3)C2)cc(C)n1. The summed E-state index contributed by atoms with van der Waals surface area (Å²) in [5.41, 5.74) is 4.51. The zero-order valence-corrected chi connectivity index (χ0v) is 20.5. The van der Waals surface area contributed by atoms with Crippen LogP contribution >= 0.6 is 0 Å². The van der Waals surface area contributed by atoms with Crippen molar-refractivity contribution < 1.29 is 14.6 Å². The van der Waals surface area contributed by atoms with E-state index in [0.29, 0.717) is 13.2 Å². The van der Waals surface area contributed by atoms with Crippen molar-refractivity contribution in [1.29, 1.82) is 0 Å². The van der Waals surface area contributed by atoms with Crippen LogP contribution in [-0.4, -0.2) is 73.2 Å². The zero-order valence-electron chi connectivity index (χ0n) is 20.5. The van der Waals surface area contributed by atoms with E-state index in [4.69, 9.17) is 9.47 Å². The summed E-state index contributed by atoms with van der Waals surface area (Å²) < 4.78 is 11.5. The molecule has 184 valence electrons. The van der Waals surface area contributed by atoms with Crippen LogP contribution in [-0.2, 0) is 6.42 Å². The highest BCUT2D eigenvalue weighted by molar-refractivity contribution is 5.49. The summed E-state index contributed by atoms with van der Waals surface area (Å²) in [6.07, 6.45) is 3.83. The van der Waals surface area contributed by atoms with Crippen molar-refractivity contribution in [2.45, 2.75) is 51.8 Å². The average Bonchev–Trinajstić information content (AvgIpc) is 3.51. The number of aliphatic hydroxyl groups is 1. The van der Waals surface area contributed by atoms with Gasteiger partial charge in [-0.3, -0.25) is 10.3 Å². The molecule has 0 bridgehead atoms. The average molecular weight is 467 g/mol. The van der Waals surface area contributed by atoms with Crippen LogP contribution < -0.4 is 19.7 Å². The molecule has 3 aliphatic rings. The highest BCUT2D eigenvalue weighted by Crippen LogP contribution is 2.31. The molecule has 34 heavy (non-hydrogen) atoms. The largest absolute Gasteiger partial charge is 0.486 e. The number of aryl methyl sites for hydroxylation is 2. The molecule has 2 aromatic rings. The maximum absolute atomic E-state index is 11.2. The van der Waals surface area contributed by atoms with Crippen LogP contribution in [0.5, 0.6) is 11.5 Å². The van der Waals surface area contributed by atoms with Crippen LogP contribution in [0.25, 0.3) is 0 Å². The standard InChI is InChI=1S/C27H38N4O3/c1-19-13-24(14-20(2)28-19)31-10-7-22(17-31)27(32)29-23(18-30-8-3-4-9-30)15-21-5-6-25-26(16-21)34-12-11-33-25/h5-6,13-14,16,22-23,27,29,32H,3-4,7-12,15,17-18H2,1-2H3. The number of fused-ring (bicyclic) bond motifs is 1. The van der Waals surface area contributed by atoms with Gasteiger partial charge in [0.1, 0.15) is 19.4 Å². The van der Waals surface area contributed by atoms with Gasteiger partial charge in [0, 0.05) is 48.7 Å². The van der Waals surface area contributed by atoms with Crippen LogP contribution in [0.4, 0.5) is 5.69 Å². The number of benzene rings is 1. The number of aromatic nitrogens is 1. The minimum Gasteiger partial charge on any atom is -0.486 e. The van der Waals surface area contributed by atoms with E-state index in [0.717, 1.165) is 68.5 Å². The Bertz CT molecular complexity index is 958. The first kappa shape index (κ1) is 23.4. The first-order valence-corrected chi connectivity index (χ1v) is 12.8. The second kappa shape index (κ2) is 10.5. The number of anilines is 1. The Morgan fingerprint density at radius 2 is 1.76 bits per heavy atom. The third kappa shape index (κ3) is 5.65. The summed E-state index contributed by atoms with van der Waals surface area (Å²) in [5, 5.41) is 14.8. The Labute approximate surface area is 203 Å². The number of hydrogen-bond donors (Lipinski definition) is 2. The maximum atomic E-state index is 11.2. The van der Waals surface area contributed by atoms with E-state index in [1.165, 1.54) is 24.1 Å². The highest BCUT2D eigenvalue weighted by atomic mass is 16.6. The minimum atomic E-state index is -0.529. The summed E-state index contributed by atoms with van der Waals surface area (Å²) in [6, 6.07) is 10.7. The Balaban J connectivity index is 1.24. The number of aliphatic hydroxyl groups excluding tert-OH is 1. The third-order valence-electron chi connectivity index (χ3n) is 7.28. The number of nitrogens with one attached hydrogen (secondary N) is 1. The van der Waals surface area contributed by atoms with Gasteiger partial charge in [0.15, 0.2) is 11.5 Å². The molecule has 3 aliphatic heterocycles. The Hall–Kier alpha value is -2.35. The molecule has 5 rings (SSSR count). The van der Waals surface area contributed by atoms with Gasteiger partial charge in [-0.2, -0.15) is 0 Å². The number of rotatable bonds is 8. The molecular formula is C27H38N4O3. The lowest BCUT2D eigenvalue weighted by Gasteiger charge is -2.30. The lowest BCUT2D eigenvalue weighted by molar-refractivity contribution is 0.0654. The Kier molecular flexibility index (Phi) is 7.23. The monoisotopic (exact) mass is 466 g/mol. The molecule has 4 heterocycles. The van der Waals surface area contributed by atoms with Crippen molar-refractivity contribution in [3.63, 3.8) is 0 Å². The van der Waals surface area contributed by atoms with Gasteiger partial charge in [-0.1, -0.05) is 6.07 Å². The molecule has 0 aliphatic carbocycles. The molecule has 2 saturated heterocycles. The van der Waals surface area contributed by atoms with E-state index in [1.54, 1.807) is 0 Å². The molecule has 0 radical (unpaired) electrons. The first-order valence-electron chi connectivity index (χ1n) is 12.8. The van der Waals surface area contributed by atoms with Crippen LogP contribution in [0, 0.1) is 19.8 Å². The van der Waals surface area contributed by atoms with Crippen molar-refractivity contribution in [1.82, 2.24) is 15.2 Å². The molecule has 0 spiro atoms. The van der Waals surface area contributed by atoms with Crippen LogP contribution in [0.2, 0.25) is 0 Å². The van der Waals surface area contributed by atoms with Crippen LogP contribution in [0.15, 0.2) is 30.3 Å². The molecule has 1 aromatic carbocycles. The lowest BCUT2D eigenvalue weighted by Crippen LogP contribution is -2.49. The molecule has 3 atom stereocenters. The van der Waals surface area contributed by atoms with Crippen molar-refractivity contribution in [3.8, 4) is 11.5 Å². The van der Waals surface area contributed by atoms with Gasteiger partial charge in [-0.15, -0.1) is 0 Å². The maximum Gasteiger partial charge on any atom is 0.161 e. The third-order valence-corrected chi connectivity index (χ3v) is 7.28. The van der Waals surface area contributed by atoms with Crippen LogP contribution in [0.3, 0.4) is 0 Å². The molecule has 2 fully saturated rings. The van der Waals surface area contributed by atoms with Crippen LogP contribution in [0.1, 0.15) is 36.2 Å². The van der Waals surface area contributed by atoms with Gasteiger partial charge in [0.05, 0.1) is 0 Å². The van der Waals surface area contributed by atoms with Gasteiger partial charge in [-0.25, -0.2) is 0 Å².